The van der Waals surface area contributed by atoms with Gasteiger partial charge >= 0.3 is 0 Å². The first-order valence-corrected chi connectivity index (χ1v) is 6.08. The molecule has 5 nitrogen and oxygen atoms in total. The SMILES string of the molecule is CC[C@@H](CO)Nc1ncc(C)c(-c2cc[nH]c2)n1. The van der Waals surface area contributed by atoms with Crippen LogP contribution < -0.4 is 5.32 Å². The summed E-state index contributed by atoms with van der Waals surface area (Å²) in [6, 6.07) is 1.97. The topological polar surface area (TPSA) is 73.8 Å². The molecular formula is C13H18N4O. The number of aromatic amines is 1. The van der Waals surface area contributed by atoms with E-state index in [-0.39, 0.29) is 12.6 Å². The Morgan fingerprint density at radius 3 is 2.94 bits per heavy atom. The molecule has 0 saturated heterocycles. The summed E-state index contributed by atoms with van der Waals surface area (Å²) >= 11 is 0. The molecule has 0 unspecified atom stereocenters. The Balaban J connectivity index is 2.27. The van der Waals surface area contributed by atoms with Gasteiger partial charge in [0.15, 0.2) is 0 Å². The van der Waals surface area contributed by atoms with Crippen LogP contribution in [0.25, 0.3) is 11.3 Å². The number of nitrogens with one attached hydrogen (secondary N) is 2. The van der Waals surface area contributed by atoms with Gasteiger partial charge < -0.3 is 15.4 Å². The highest BCUT2D eigenvalue weighted by Gasteiger charge is 2.10. The summed E-state index contributed by atoms with van der Waals surface area (Å²) < 4.78 is 0. The zero-order valence-corrected chi connectivity index (χ0v) is 10.6. The Hall–Kier alpha value is -1.88. The fourth-order valence-corrected chi connectivity index (χ4v) is 1.73. The Morgan fingerprint density at radius 1 is 1.50 bits per heavy atom. The van der Waals surface area contributed by atoms with Crippen molar-refractivity contribution in [3.63, 3.8) is 0 Å². The molecule has 0 aliphatic carbocycles. The average Bonchev–Trinajstić information content (AvgIpc) is 2.91. The number of aryl methyl sites for hydroxylation is 1. The van der Waals surface area contributed by atoms with Gasteiger partial charge in [-0.1, -0.05) is 6.92 Å². The zero-order chi connectivity index (χ0) is 13.0. The van der Waals surface area contributed by atoms with Crippen LogP contribution in [0.3, 0.4) is 0 Å². The zero-order valence-electron chi connectivity index (χ0n) is 10.6. The van der Waals surface area contributed by atoms with E-state index in [0.717, 1.165) is 23.2 Å². The third-order valence-corrected chi connectivity index (χ3v) is 2.89. The first-order valence-electron chi connectivity index (χ1n) is 6.08. The van der Waals surface area contributed by atoms with E-state index in [1.807, 2.05) is 32.3 Å². The molecule has 2 heterocycles. The third kappa shape index (κ3) is 2.68. The number of aliphatic hydroxyl groups is 1. The summed E-state index contributed by atoms with van der Waals surface area (Å²) in [4.78, 5) is 11.8. The molecule has 2 aromatic rings. The lowest BCUT2D eigenvalue weighted by atomic mass is 10.1. The summed E-state index contributed by atoms with van der Waals surface area (Å²) in [7, 11) is 0. The van der Waals surface area contributed by atoms with Gasteiger partial charge in [-0.2, -0.15) is 0 Å². The quantitative estimate of drug-likeness (QED) is 0.754. The van der Waals surface area contributed by atoms with Crippen molar-refractivity contribution >= 4 is 5.95 Å². The summed E-state index contributed by atoms with van der Waals surface area (Å²) in [5.41, 5.74) is 2.97. The van der Waals surface area contributed by atoms with Crippen molar-refractivity contribution in [2.75, 3.05) is 11.9 Å². The van der Waals surface area contributed by atoms with Gasteiger partial charge in [-0.25, -0.2) is 9.97 Å². The summed E-state index contributed by atoms with van der Waals surface area (Å²) in [6.45, 7) is 4.07. The number of rotatable bonds is 5. The predicted molar refractivity (Wildman–Crippen MR) is 71.3 cm³/mol. The first kappa shape index (κ1) is 12.6. The highest BCUT2D eigenvalue weighted by atomic mass is 16.3. The highest BCUT2D eigenvalue weighted by Crippen LogP contribution is 2.21. The number of hydrogen-bond donors (Lipinski definition) is 3. The second-order valence-electron chi connectivity index (χ2n) is 4.26. The van der Waals surface area contributed by atoms with Gasteiger partial charge in [0, 0.05) is 24.2 Å². The van der Waals surface area contributed by atoms with Crippen LogP contribution >= 0.6 is 0 Å². The minimum Gasteiger partial charge on any atom is -0.394 e. The molecule has 0 amide bonds. The lowest BCUT2D eigenvalue weighted by Crippen LogP contribution is -2.24. The van der Waals surface area contributed by atoms with Crippen LogP contribution in [0.4, 0.5) is 5.95 Å². The highest BCUT2D eigenvalue weighted by molar-refractivity contribution is 5.62. The largest absolute Gasteiger partial charge is 0.394 e. The minimum atomic E-state index is -0.00761. The van der Waals surface area contributed by atoms with Gasteiger partial charge in [0.25, 0.3) is 0 Å². The Labute approximate surface area is 106 Å². The molecule has 18 heavy (non-hydrogen) atoms. The number of hydrogen-bond acceptors (Lipinski definition) is 4. The van der Waals surface area contributed by atoms with E-state index in [2.05, 4.69) is 20.3 Å². The van der Waals surface area contributed by atoms with Crippen LogP contribution in [-0.2, 0) is 0 Å². The van der Waals surface area contributed by atoms with Crippen LogP contribution in [0.2, 0.25) is 0 Å². The van der Waals surface area contributed by atoms with Crippen molar-refractivity contribution in [1.82, 2.24) is 15.0 Å². The lowest BCUT2D eigenvalue weighted by Gasteiger charge is -2.14. The van der Waals surface area contributed by atoms with Gasteiger partial charge in [-0.05, 0) is 25.0 Å². The van der Waals surface area contributed by atoms with Crippen molar-refractivity contribution in [3.8, 4) is 11.3 Å². The van der Waals surface area contributed by atoms with E-state index >= 15 is 0 Å². The maximum atomic E-state index is 9.17. The van der Waals surface area contributed by atoms with Gasteiger partial charge in [0.05, 0.1) is 18.3 Å². The number of H-pyrrole nitrogens is 1. The Bertz CT molecular complexity index is 492. The summed E-state index contributed by atoms with van der Waals surface area (Å²) in [5.74, 6) is 0.553. The van der Waals surface area contributed by atoms with Crippen LogP contribution in [-0.4, -0.2) is 32.7 Å². The molecule has 5 heteroatoms. The van der Waals surface area contributed by atoms with E-state index in [1.54, 1.807) is 6.20 Å². The molecule has 0 spiro atoms. The molecule has 96 valence electrons. The first-order chi connectivity index (χ1) is 8.74. The van der Waals surface area contributed by atoms with Gasteiger partial charge in [-0.3, -0.25) is 0 Å². The molecule has 0 aliphatic heterocycles. The van der Waals surface area contributed by atoms with Crippen LogP contribution in [0.15, 0.2) is 24.7 Å². The number of anilines is 1. The van der Waals surface area contributed by atoms with E-state index < -0.39 is 0 Å². The van der Waals surface area contributed by atoms with Gasteiger partial charge in [0.2, 0.25) is 5.95 Å². The second-order valence-corrected chi connectivity index (χ2v) is 4.26. The molecule has 0 fully saturated rings. The van der Waals surface area contributed by atoms with Crippen molar-refractivity contribution in [3.05, 3.63) is 30.2 Å². The Morgan fingerprint density at radius 2 is 2.33 bits per heavy atom. The van der Waals surface area contributed by atoms with E-state index in [4.69, 9.17) is 0 Å². The maximum Gasteiger partial charge on any atom is 0.223 e. The van der Waals surface area contributed by atoms with Crippen LogP contribution in [0.1, 0.15) is 18.9 Å². The lowest BCUT2D eigenvalue weighted by molar-refractivity contribution is 0.271. The molecule has 2 aromatic heterocycles. The van der Waals surface area contributed by atoms with Crippen LogP contribution in [0.5, 0.6) is 0 Å². The minimum absolute atomic E-state index is 0.00761. The molecule has 0 saturated carbocycles. The second kappa shape index (κ2) is 5.64. The van der Waals surface area contributed by atoms with Crippen LogP contribution in [0, 0.1) is 6.92 Å². The molecule has 0 aromatic carbocycles. The maximum absolute atomic E-state index is 9.17. The van der Waals surface area contributed by atoms with Crippen molar-refractivity contribution in [1.29, 1.82) is 0 Å². The normalized spacial score (nSPS) is 12.4. The number of aromatic nitrogens is 3. The van der Waals surface area contributed by atoms with E-state index in [1.165, 1.54) is 0 Å². The van der Waals surface area contributed by atoms with Gasteiger partial charge in [0.1, 0.15) is 0 Å². The van der Waals surface area contributed by atoms with Gasteiger partial charge in [-0.15, -0.1) is 0 Å². The molecule has 3 N–H and O–H groups in total. The Kier molecular flexibility index (Phi) is 3.94. The molecular weight excluding hydrogens is 228 g/mol. The summed E-state index contributed by atoms with van der Waals surface area (Å²) in [5, 5.41) is 12.3. The molecule has 0 bridgehead atoms. The van der Waals surface area contributed by atoms with Crippen molar-refractivity contribution in [2.24, 2.45) is 0 Å². The smallest absolute Gasteiger partial charge is 0.223 e. The molecule has 1 atom stereocenters. The average molecular weight is 246 g/mol. The third-order valence-electron chi connectivity index (χ3n) is 2.89. The number of aliphatic hydroxyl groups excluding tert-OH is 1. The molecule has 0 aliphatic rings. The van der Waals surface area contributed by atoms with E-state index in [9.17, 15) is 5.11 Å². The molecule has 2 rings (SSSR count). The predicted octanol–water partition coefficient (Wildman–Crippen LogP) is 1.96. The fourth-order valence-electron chi connectivity index (χ4n) is 1.73. The molecule has 0 radical (unpaired) electrons. The number of nitrogens with zero attached hydrogens (tertiary/aromatic N) is 2. The van der Waals surface area contributed by atoms with Crippen molar-refractivity contribution in [2.45, 2.75) is 26.3 Å². The van der Waals surface area contributed by atoms with E-state index in [0.29, 0.717) is 5.95 Å². The summed E-state index contributed by atoms with van der Waals surface area (Å²) in [6.07, 6.45) is 6.39. The standard InChI is InChI=1S/C13H18N4O/c1-3-11(8-18)16-13-15-6-9(2)12(17-13)10-4-5-14-7-10/h4-7,11,14,18H,3,8H2,1-2H3,(H,15,16,17)/t11-/m0/s1. The monoisotopic (exact) mass is 246 g/mol. The van der Waals surface area contributed by atoms with Crippen molar-refractivity contribution < 1.29 is 5.11 Å². The fraction of sp³-hybridized carbons (Fsp3) is 0.385.